The Morgan fingerprint density at radius 1 is 1.31 bits per heavy atom. The Morgan fingerprint density at radius 2 is 1.85 bits per heavy atom. The van der Waals surface area contributed by atoms with Crippen LogP contribution in [0, 0.1) is 0 Å². The normalized spacial score (nSPS) is 30.9. The van der Waals surface area contributed by atoms with Crippen LogP contribution in [-0.4, -0.2) is 16.8 Å². The van der Waals surface area contributed by atoms with Crippen LogP contribution in [0.25, 0.3) is 0 Å². The molecular weight excluding hydrogens is 199 g/mol. The molecular formula is C8H12F3NS. The van der Waals surface area contributed by atoms with E-state index in [1.165, 1.54) is 0 Å². The van der Waals surface area contributed by atoms with Gasteiger partial charge in [0.2, 0.25) is 0 Å². The molecule has 1 rings (SSSR count). The van der Waals surface area contributed by atoms with Crippen molar-refractivity contribution >= 4 is 11.8 Å². The zero-order chi connectivity index (χ0) is 10.3. The average Bonchev–Trinajstić information content (AvgIpc) is 1.95. The lowest BCUT2D eigenvalue weighted by atomic mass is 10.0. The molecule has 0 fully saturated rings. The number of alkyl halides is 3. The van der Waals surface area contributed by atoms with Gasteiger partial charge in [-0.15, -0.1) is 11.8 Å². The maximum absolute atomic E-state index is 12.5. The third kappa shape index (κ3) is 2.02. The third-order valence-corrected chi connectivity index (χ3v) is 3.75. The molecule has 0 radical (unpaired) electrons. The van der Waals surface area contributed by atoms with Crippen molar-refractivity contribution in [3.8, 4) is 0 Å². The van der Waals surface area contributed by atoms with Crippen molar-refractivity contribution in [3.63, 3.8) is 0 Å². The summed E-state index contributed by atoms with van der Waals surface area (Å²) in [5.74, 6) is 0.377. The number of halogens is 3. The predicted molar refractivity (Wildman–Crippen MR) is 48.4 cm³/mol. The number of nitrogens with two attached hydrogens (primary N) is 1. The average molecular weight is 211 g/mol. The summed E-state index contributed by atoms with van der Waals surface area (Å²) in [5.41, 5.74) is 7.06. The molecule has 1 atom stereocenters. The summed E-state index contributed by atoms with van der Waals surface area (Å²) in [4.78, 5) is -2.07. The molecule has 0 unspecified atom stereocenters. The Hall–Kier alpha value is -0.160. The van der Waals surface area contributed by atoms with Gasteiger partial charge in [0.25, 0.3) is 0 Å². The van der Waals surface area contributed by atoms with Gasteiger partial charge in [0, 0.05) is 12.2 Å². The molecule has 0 amide bonds. The minimum Gasteiger partial charge on any atom is -0.309 e. The Morgan fingerprint density at radius 3 is 2.23 bits per heavy atom. The first-order chi connectivity index (χ1) is 5.76. The van der Waals surface area contributed by atoms with E-state index < -0.39 is 11.0 Å². The van der Waals surface area contributed by atoms with Crippen LogP contribution in [0.1, 0.15) is 20.3 Å². The van der Waals surface area contributed by atoms with E-state index in [1.807, 2.05) is 6.92 Å². The highest BCUT2D eigenvalue weighted by atomic mass is 32.2. The number of rotatable bonds is 0. The van der Waals surface area contributed by atoms with Gasteiger partial charge in [0.05, 0.1) is 0 Å². The van der Waals surface area contributed by atoms with Gasteiger partial charge >= 0.3 is 6.18 Å². The number of hydrogen-bond donors (Lipinski definition) is 1. The maximum atomic E-state index is 12.5. The molecule has 0 aromatic heterocycles. The smallest absolute Gasteiger partial charge is 0.309 e. The molecule has 0 aromatic rings. The molecule has 1 aliphatic heterocycles. The summed E-state index contributed by atoms with van der Waals surface area (Å²) in [6.07, 6.45) is -4.41. The van der Waals surface area contributed by atoms with Gasteiger partial charge in [-0.3, -0.25) is 0 Å². The summed E-state index contributed by atoms with van der Waals surface area (Å²) in [7, 11) is 0. The maximum Gasteiger partial charge on any atom is 0.416 e. The van der Waals surface area contributed by atoms with Crippen molar-refractivity contribution in [2.75, 3.05) is 5.75 Å². The standard InChI is InChI=1S/C8H12F3NS/c1-5-3-7(12,8(9,10)11)13-4-6(5)2/h3-4,12H2,1-2H3/t7-/m1/s1. The Balaban J connectivity index is 2.88. The molecule has 0 aromatic carbocycles. The van der Waals surface area contributed by atoms with E-state index in [-0.39, 0.29) is 6.42 Å². The zero-order valence-corrected chi connectivity index (χ0v) is 8.35. The van der Waals surface area contributed by atoms with E-state index in [9.17, 15) is 13.2 Å². The van der Waals surface area contributed by atoms with Crippen LogP contribution in [-0.2, 0) is 0 Å². The van der Waals surface area contributed by atoms with Crippen molar-refractivity contribution in [2.24, 2.45) is 5.73 Å². The van der Waals surface area contributed by atoms with Crippen LogP contribution in [0.2, 0.25) is 0 Å². The van der Waals surface area contributed by atoms with Crippen LogP contribution >= 0.6 is 11.8 Å². The quantitative estimate of drug-likeness (QED) is 0.623. The van der Waals surface area contributed by atoms with E-state index in [1.54, 1.807) is 6.92 Å². The second-order valence-electron chi connectivity index (χ2n) is 3.41. The van der Waals surface area contributed by atoms with Crippen LogP contribution < -0.4 is 5.73 Å². The monoisotopic (exact) mass is 211 g/mol. The van der Waals surface area contributed by atoms with Crippen LogP contribution in [0.15, 0.2) is 11.1 Å². The van der Waals surface area contributed by atoms with Gasteiger partial charge in [-0.05, 0) is 13.8 Å². The number of hydrogen-bond acceptors (Lipinski definition) is 2. The summed E-state index contributed by atoms with van der Waals surface area (Å²) in [6.45, 7) is 3.56. The zero-order valence-electron chi connectivity index (χ0n) is 7.53. The topological polar surface area (TPSA) is 26.0 Å². The molecule has 13 heavy (non-hydrogen) atoms. The molecule has 1 aliphatic rings. The first kappa shape index (κ1) is 10.9. The van der Waals surface area contributed by atoms with Crippen molar-refractivity contribution in [1.29, 1.82) is 0 Å². The molecule has 1 nitrogen and oxygen atoms in total. The fourth-order valence-corrected chi connectivity index (χ4v) is 2.34. The van der Waals surface area contributed by atoms with Gasteiger partial charge in [-0.2, -0.15) is 13.2 Å². The highest BCUT2D eigenvalue weighted by Crippen LogP contribution is 2.45. The van der Waals surface area contributed by atoms with Crippen LogP contribution in [0.4, 0.5) is 13.2 Å². The first-order valence-electron chi connectivity index (χ1n) is 3.91. The molecule has 76 valence electrons. The van der Waals surface area contributed by atoms with Gasteiger partial charge in [-0.25, -0.2) is 0 Å². The van der Waals surface area contributed by atoms with E-state index in [2.05, 4.69) is 0 Å². The molecule has 0 saturated carbocycles. The highest BCUT2D eigenvalue weighted by molar-refractivity contribution is 8.00. The summed E-state index contributed by atoms with van der Waals surface area (Å²) in [6, 6.07) is 0. The summed E-state index contributed by atoms with van der Waals surface area (Å²) >= 11 is 0.779. The minimum atomic E-state index is -4.32. The Kier molecular flexibility index (Phi) is 2.69. The molecule has 5 heteroatoms. The molecule has 0 bridgehead atoms. The fraction of sp³-hybridized carbons (Fsp3) is 0.750. The second-order valence-corrected chi connectivity index (χ2v) is 4.72. The number of thioether (sulfide) groups is 1. The van der Waals surface area contributed by atoms with E-state index in [0.717, 1.165) is 22.9 Å². The van der Waals surface area contributed by atoms with Gasteiger partial charge in [-0.1, -0.05) is 11.1 Å². The van der Waals surface area contributed by atoms with Gasteiger partial charge in [0.1, 0.15) is 0 Å². The van der Waals surface area contributed by atoms with E-state index >= 15 is 0 Å². The largest absolute Gasteiger partial charge is 0.416 e. The minimum absolute atomic E-state index is 0.0903. The fourth-order valence-electron chi connectivity index (χ4n) is 1.14. The molecule has 1 heterocycles. The Labute approximate surface area is 79.6 Å². The first-order valence-corrected chi connectivity index (χ1v) is 4.89. The molecule has 0 saturated heterocycles. The second kappa shape index (κ2) is 3.20. The SMILES string of the molecule is CC1=C(C)C[C@](N)(C(F)(F)F)SC1. The van der Waals surface area contributed by atoms with Gasteiger partial charge < -0.3 is 5.73 Å². The lowest BCUT2D eigenvalue weighted by Crippen LogP contribution is -2.52. The lowest BCUT2D eigenvalue weighted by molar-refractivity contribution is -0.158. The Bertz CT molecular complexity index is 246. The van der Waals surface area contributed by atoms with Crippen molar-refractivity contribution < 1.29 is 13.2 Å². The van der Waals surface area contributed by atoms with Crippen LogP contribution in [0.3, 0.4) is 0 Å². The van der Waals surface area contributed by atoms with Crippen molar-refractivity contribution in [3.05, 3.63) is 11.1 Å². The summed E-state index contributed by atoms with van der Waals surface area (Å²) in [5, 5.41) is 0. The van der Waals surface area contributed by atoms with E-state index in [4.69, 9.17) is 5.73 Å². The third-order valence-electron chi connectivity index (χ3n) is 2.28. The lowest BCUT2D eigenvalue weighted by Gasteiger charge is -2.35. The van der Waals surface area contributed by atoms with E-state index in [0.29, 0.717) is 5.75 Å². The van der Waals surface area contributed by atoms with Crippen molar-refractivity contribution in [2.45, 2.75) is 31.3 Å². The molecule has 0 spiro atoms. The highest BCUT2D eigenvalue weighted by Gasteiger charge is 2.53. The molecule has 0 aliphatic carbocycles. The van der Waals surface area contributed by atoms with Gasteiger partial charge in [0.15, 0.2) is 4.87 Å². The summed E-state index contributed by atoms with van der Waals surface area (Å²) < 4.78 is 37.4. The van der Waals surface area contributed by atoms with Crippen LogP contribution in [0.5, 0.6) is 0 Å². The predicted octanol–water partition coefficient (Wildman–Crippen LogP) is 2.68. The molecule has 2 N–H and O–H groups in total. The van der Waals surface area contributed by atoms with Crippen molar-refractivity contribution in [1.82, 2.24) is 0 Å².